The highest BCUT2D eigenvalue weighted by atomic mass is 16.5. The van der Waals surface area contributed by atoms with Gasteiger partial charge < -0.3 is 10.1 Å². The predicted octanol–water partition coefficient (Wildman–Crippen LogP) is 0.924. The molecule has 1 fully saturated rings. The third kappa shape index (κ3) is 2.56. The Labute approximate surface area is 84.0 Å². The van der Waals surface area contributed by atoms with E-state index in [1.54, 1.807) is 7.11 Å². The number of aromatic amines is 1. The molecule has 0 bridgehead atoms. The van der Waals surface area contributed by atoms with Crippen molar-refractivity contribution in [1.82, 2.24) is 15.5 Å². The number of nitrogens with one attached hydrogen (secondary N) is 2. The Morgan fingerprint density at radius 2 is 2.57 bits per heavy atom. The van der Waals surface area contributed by atoms with E-state index in [-0.39, 0.29) is 0 Å². The van der Waals surface area contributed by atoms with E-state index in [1.165, 1.54) is 18.4 Å². The van der Waals surface area contributed by atoms with Gasteiger partial charge in [-0.1, -0.05) is 0 Å². The van der Waals surface area contributed by atoms with Crippen LogP contribution in [0.1, 0.15) is 18.4 Å². The van der Waals surface area contributed by atoms with Crippen LogP contribution in [-0.4, -0.2) is 30.0 Å². The molecule has 2 N–H and O–H groups in total. The number of aromatic nitrogens is 2. The minimum Gasteiger partial charge on any atom is -0.383 e. The molecule has 0 radical (unpaired) electrons. The summed E-state index contributed by atoms with van der Waals surface area (Å²) in [5.74, 6) is 0.821. The Kier molecular flexibility index (Phi) is 3.16. The van der Waals surface area contributed by atoms with E-state index in [0.717, 1.165) is 19.1 Å². The van der Waals surface area contributed by atoms with Gasteiger partial charge in [-0.3, -0.25) is 5.10 Å². The van der Waals surface area contributed by atoms with Gasteiger partial charge in [-0.05, 0) is 18.8 Å². The number of methoxy groups -OCH3 is 1. The predicted molar refractivity (Wildman–Crippen MR) is 53.8 cm³/mol. The normalized spacial score (nSPS) is 18.4. The number of hydrogen-bond acceptors (Lipinski definition) is 3. The molecule has 1 aliphatic rings. The van der Waals surface area contributed by atoms with E-state index >= 15 is 0 Å². The van der Waals surface area contributed by atoms with Gasteiger partial charge in [0.1, 0.15) is 0 Å². The Bertz CT molecular complexity index is 256. The molecule has 1 aliphatic carbocycles. The van der Waals surface area contributed by atoms with E-state index in [4.69, 9.17) is 4.74 Å². The first-order valence-corrected chi connectivity index (χ1v) is 5.10. The first kappa shape index (κ1) is 9.68. The average Bonchev–Trinajstić information content (AvgIpc) is 2.90. The van der Waals surface area contributed by atoms with Crippen LogP contribution >= 0.6 is 0 Å². The van der Waals surface area contributed by atoms with Crippen molar-refractivity contribution in [2.75, 3.05) is 13.7 Å². The summed E-state index contributed by atoms with van der Waals surface area (Å²) in [5.41, 5.74) is 1.20. The lowest BCUT2D eigenvalue weighted by molar-refractivity contribution is 0.157. The third-order valence-electron chi connectivity index (χ3n) is 2.66. The number of ether oxygens (including phenoxy) is 1. The molecule has 2 rings (SSSR count). The molecule has 4 nitrogen and oxygen atoms in total. The molecule has 0 amide bonds. The SMILES string of the molecule is COCC(NCc1cn[nH]c1)C1CC1. The minimum atomic E-state index is 0.509. The van der Waals surface area contributed by atoms with Gasteiger partial charge in [0.25, 0.3) is 0 Å². The zero-order valence-electron chi connectivity index (χ0n) is 8.49. The Hall–Kier alpha value is -0.870. The maximum absolute atomic E-state index is 5.19. The standard InChI is InChI=1S/C10H17N3O/c1-14-7-10(9-2-3-9)11-4-8-5-12-13-6-8/h5-6,9-11H,2-4,7H2,1H3,(H,12,13). The van der Waals surface area contributed by atoms with Gasteiger partial charge in [0.05, 0.1) is 12.8 Å². The topological polar surface area (TPSA) is 49.9 Å². The summed E-state index contributed by atoms with van der Waals surface area (Å²) in [5, 5.41) is 10.2. The van der Waals surface area contributed by atoms with E-state index in [0.29, 0.717) is 6.04 Å². The first-order chi connectivity index (χ1) is 6.90. The summed E-state index contributed by atoms with van der Waals surface area (Å²) in [7, 11) is 1.76. The van der Waals surface area contributed by atoms with Crippen molar-refractivity contribution in [3.8, 4) is 0 Å². The molecular weight excluding hydrogens is 178 g/mol. The molecule has 1 saturated carbocycles. The van der Waals surface area contributed by atoms with Gasteiger partial charge in [-0.2, -0.15) is 5.10 Å². The van der Waals surface area contributed by atoms with Crippen LogP contribution in [0, 0.1) is 5.92 Å². The van der Waals surface area contributed by atoms with Crippen LogP contribution < -0.4 is 5.32 Å². The molecule has 78 valence electrons. The molecule has 0 aliphatic heterocycles. The molecule has 14 heavy (non-hydrogen) atoms. The van der Waals surface area contributed by atoms with Gasteiger partial charge in [0.2, 0.25) is 0 Å². The molecule has 1 atom stereocenters. The zero-order chi connectivity index (χ0) is 9.80. The second-order valence-corrected chi connectivity index (χ2v) is 3.89. The Balaban J connectivity index is 1.76. The molecule has 4 heteroatoms. The molecule has 0 aromatic carbocycles. The van der Waals surface area contributed by atoms with Gasteiger partial charge in [0, 0.05) is 31.5 Å². The minimum absolute atomic E-state index is 0.509. The number of nitrogens with zero attached hydrogens (tertiary/aromatic N) is 1. The lowest BCUT2D eigenvalue weighted by Crippen LogP contribution is -2.34. The summed E-state index contributed by atoms with van der Waals surface area (Å²) >= 11 is 0. The van der Waals surface area contributed by atoms with Crippen LogP contribution in [0.3, 0.4) is 0 Å². The summed E-state index contributed by atoms with van der Waals surface area (Å²) < 4.78 is 5.19. The van der Waals surface area contributed by atoms with Gasteiger partial charge in [0.15, 0.2) is 0 Å². The summed E-state index contributed by atoms with van der Waals surface area (Å²) in [6, 6.07) is 0.509. The average molecular weight is 195 g/mol. The summed E-state index contributed by atoms with van der Waals surface area (Å²) in [6.45, 7) is 1.68. The van der Waals surface area contributed by atoms with Crippen LogP contribution in [0.2, 0.25) is 0 Å². The molecule has 0 saturated heterocycles. The number of rotatable bonds is 6. The molecular formula is C10H17N3O. The Morgan fingerprint density at radius 1 is 1.71 bits per heavy atom. The third-order valence-corrected chi connectivity index (χ3v) is 2.66. The highest BCUT2D eigenvalue weighted by Crippen LogP contribution is 2.32. The number of H-pyrrole nitrogens is 1. The maximum atomic E-state index is 5.19. The van der Waals surface area contributed by atoms with E-state index < -0.39 is 0 Å². The van der Waals surface area contributed by atoms with Crippen molar-refractivity contribution in [2.45, 2.75) is 25.4 Å². The fourth-order valence-electron chi connectivity index (χ4n) is 1.66. The van der Waals surface area contributed by atoms with Crippen LogP contribution in [0.5, 0.6) is 0 Å². The van der Waals surface area contributed by atoms with E-state index in [9.17, 15) is 0 Å². The summed E-state index contributed by atoms with van der Waals surface area (Å²) in [4.78, 5) is 0. The van der Waals surface area contributed by atoms with E-state index in [2.05, 4.69) is 15.5 Å². The van der Waals surface area contributed by atoms with Crippen molar-refractivity contribution in [3.63, 3.8) is 0 Å². The molecule has 1 heterocycles. The fraction of sp³-hybridized carbons (Fsp3) is 0.700. The van der Waals surface area contributed by atoms with Crippen LogP contribution in [0.15, 0.2) is 12.4 Å². The van der Waals surface area contributed by atoms with Gasteiger partial charge in [-0.15, -0.1) is 0 Å². The maximum Gasteiger partial charge on any atom is 0.0618 e. The Morgan fingerprint density at radius 3 is 3.14 bits per heavy atom. The highest BCUT2D eigenvalue weighted by Gasteiger charge is 2.30. The van der Waals surface area contributed by atoms with Crippen LogP contribution in [0.25, 0.3) is 0 Å². The summed E-state index contributed by atoms with van der Waals surface area (Å²) in [6.07, 6.45) is 6.45. The van der Waals surface area contributed by atoms with Crippen LogP contribution in [-0.2, 0) is 11.3 Å². The zero-order valence-corrected chi connectivity index (χ0v) is 8.49. The number of hydrogen-bond donors (Lipinski definition) is 2. The van der Waals surface area contributed by atoms with Crippen molar-refractivity contribution < 1.29 is 4.74 Å². The van der Waals surface area contributed by atoms with Crippen LogP contribution in [0.4, 0.5) is 0 Å². The lowest BCUT2D eigenvalue weighted by Gasteiger charge is -2.16. The monoisotopic (exact) mass is 195 g/mol. The lowest BCUT2D eigenvalue weighted by atomic mass is 10.2. The largest absolute Gasteiger partial charge is 0.383 e. The molecule has 0 spiro atoms. The van der Waals surface area contributed by atoms with Gasteiger partial charge in [-0.25, -0.2) is 0 Å². The van der Waals surface area contributed by atoms with Crippen molar-refractivity contribution in [1.29, 1.82) is 0 Å². The molecule has 1 aromatic heterocycles. The second kappa shape index (κ2) is 4.57. The fourth-order valence-corrected chi connectivity index (χ4v) is 1.66. The highest BCUT2D eigenvalue weighted by molar-refractivity contribution is 5.02. The first-order valence-electron chi connectivity index (χ1n) is 5.10. The quantitative estimate of drug-likeness (QED) is 0.709. The second-order valence-electron chi connectivity index (χ2n) is 3.89. The molecule has 1 aromatic rings. The molecule has 1 unspecified atom stereocenters. The van der Waals surface area contributed by atoms with Crippen molar-refractivity contribution >= 4 is 0 Å². The van der Waals surface area contributed by atoms with Crippen molar-refractivity contribution in [2.24, 2.45) is 5.92 Å². The van der Waals surface area contributed by atoms with Crippen molar-refractivity contribution in [3.05, 3.63) is 18.0 Å². The smallest absolute Gasteiger partial charge is 0.0618 e. The van der Waals surface area contributed by atoms with Gasteiger partial charge >= 0.3 is 0 Å². The van der Waals surface area contributed by atoms with E-state index in [1.807, 2.05) is 12.4 Å².